The van der Waals surface area contributed by atoms with Crippen LogP contribution in [0.3, 0.4) is 0 Å². The number of ether oxygens (including phenoxy) is 1. The van der Waals surface area contributed by atoms with Crippen LogP contribution in [0.2, 0.25) is 0 Å². The maximum Gasteiger partial charge on any atom is 0.329 e. The van der Waals surface area contributed by atoms with Crippen molar-refractivity contribution < 1.29 is 68.3 Å². The highest BCUT2D eigenvalue weighted by atomic mass is 16.5. The first-order chi connectivity index (χ1) is 36.2. The molecule has 9 N–H and O–H groups in total. The van der Waals surface area contributed by atoms with Gasteiger partial charge in [0.1, 0.15) is 66.1 Å². The lowest BCUT2D eigenvalue weighted by molar-refractivity contribution is -0.165. The number of benzene rings is 3. The van der Waals surface area contributed by atoms with Gasteiger partial charge in [0.15, 0.2) is 0 Å². The van der Waals surface area contributed by atoms with Gasteiger partial charge in [-0.2, -0.15) is 0 Å². The molecule has 0 spiro atoms. The number of nitrogens with one attached hydrogen (secondary N) is 5. The fourth-order valence-corrected chi connectivity index (χ4v) is 9.22. The van der Waals surface area contributed by atoms with Gasteiger partial charge in [0.2, 0.25) is 41.4 Å². The number of aromatic hydroxyl groups is 2. The van der Waals surface area contributed by atoms with Gasteiger partial charge < -0.3 is 61.5 Å². The summed E-state index contributed by atoms with van der Waals surface area (Å²) in [7, 11) is 1.34. The van der Waals surface area contributed by atoms with E-state index < -0.39 is 127 Å². The van der Waals surface area contributed by atoms with Crippen molar-refractivity contribution in [3.63, 3.8) is 0 Å². The second-order valence-electron chi connectivity index (χ2n) is 19.9. The lowest BCUT2D eigenvalue weighted by Crippen LogP contribution is -2.65. The van der Waals surface area contributed by atoms with Gasteiger partial charge >= 0.3 is 11.9 Å². The summed E-state index contributed by atoms with van der Waals surface area (Å²) < 4.78 is 5.91. The van der Waals surface area contributed by atoms with Crippen LogP contribution in [0.4, 0.5) is 0 Å². The lowest BCUT2D eigenvalue weighted by Gasteiger charge is -2.43. The summed E-state index contributed by atoms with van der Waals surface area (Å²) in [5.41, 5.74) is 1.49. The molecule has 2 heterocycles. The molecule has 2 saturated heterocycles. The minimum Gasteiger partial charge on any atom is -0.508 e. The summed E-state index contributed by atoms with van der Waals surface area (Å²) in [6, 6.07) is 9.55. The number of likely N-dealkylation sites (N-methyl/N-ethyl adjacent to an activating group) is 1. The lowest BCUT2D eigenvalue weighted by atomic mass is 9.95. The number of carbonyl (C=O) groups is 9. The number of hydrogen-bond acceptors (Lipinski definition) is 13. The standard InChI is InChI=1S/C55H73N7O14/c1-6-7-8-9-13-16-44(65)56-39(26-28-46(67)68)49(69)60-48-33(4)76-55(75)47(32(2)3)59-51(71)42(30-36-19-23-38(64)24-20-36)61(5)54(74)43(31-34-14-11-10-12-15-34)62-45(66)27-25-40(53(62)73)57-50(70)41(58-52(48)72)29-35-17-21-37(63)22-18-35/h10-12,14-15,17-24,32-33,39-43,45,47-48,63-64,66H,6-9,13,16,25-31H2,1-5H3,(H,56,65)(H,57,70)(H,58,72)(H,59,71)(H,60,69)(H,67,68)/t33-,39+,40+,41+,42+,43+,45-,47?,48+/m1/s1. The zero-order valence-electron chi connectivity index (χ0n) is 43.7. The third kappa shape index (κ3) is 17.0. The zero-order chi connectivity index (χ0) is 55.6. The fourth-order valence-electron chi connectivity index (χ4n) is 9.22. The van der Waals surface area contributed by atoms with Gasteiger partial charge in [0.25, 0.3) is 0 Å². The van der Waals surface area contributed by atoms with Crippen LogP contribution < -0.4 is 26.6 Å². The SMILES string of the molecule is CCCCCCCC(=O)N[C@@H](CCC(=O)O)C(=O)N[C@@H]1C(=O)N[C@@H](Cc2ccc(O)cc2)C(=O)N[C@H]2CC[C@@H](O)N(C2=O)[C@@H](Cc2ccccc2)C(=O)N(C)[C@@H](Cc2ccc(O)cc2)C(=O)NC(C(C)C)C(=O)O[C@@H]1C. The number of fused-ring (bicyclic) bond motifs is 2. The molecule has 0 aromatic heterocycles. The maximum atomic E-state index is 15.1. The highest BCUT2D eigenvalue weighted by Gasteiger charge is 2.46. The van der Waals surface area contributed by atoms with Crippen molar-refractivity contribution in [2.24, 2.45) is 5.92 Å². The number of phenolic OH excluding ortho intramolecular Hbond substituents is 2. The Bertz CT molecular complexity index is 2490. The van der Waals surface area contributed by atoms with Crippen molar-refractivity contribution in [3.8, 4) is 11.5 Å². The number of phenols is 2. The molecule has 3 aromatic carbocycles. The Morgan fingerprint density at radius 1 is 0.711 bits per heavy atom. The van der Waals surface area contributed by atoms with E-state index in [9.17, 15) is 58.8 Å². The molecule has 21 heteroatoms. The molecule has 1 unspecified atom stereocenters. The largest absolute Gasteiger partial charge is 0.508 e. The van der Waals surface area contributed by atoms with E-state index in [4.69, 9.17) is 4.74 Å². The van der Waals surface area contributed by atoms with Gasteiger partial charge in [-0.15, -0.1) is 0 Å². The van der Waals surface area contributed by atoms with Crippen LogP contribution in [-0.4, -0.2) is 145 Å². The number of rotatable bonds is 19. The first-order valence-electron chi connectivity index (χ1n) is 26.0. The molecule has 0 saturated carbocycles. The molecule has 2 aliphatic heterocycles. The van der Waals surface area contributed by atoms with Crippen molar-refractivity contribution in [2.45, 2.75) is 166 Å². The molecule has 5 rings (SSSR count). The van der Waals surface area contributed by atoms with Crippen molar-refractivity contribution >= 4 is 53.3 Å². The molecule has 3 aromatic rings. The number of aliphatic hydroxyl groups is 1. The number of carboxylic acid groups (broad SMARTS) is 1. The van der Waals surface area contributed by atoms with E-state index in [1.165, 1.54) is 50.4 Å². The molecule has 76 heavy (non-hydrogen) atoms. The second kappa shape index (κ2) is 28.4. The Balaban J connectivity index is 1.62. The molecule has 0 aliphatic carbocycles. The van der Waals surface area contributed by atoms with Crippen LogP contribution in [0, 0.1) is 5.92 Å². The average Bonchev–Trinajstić information content (AvgIpc) is 3.38. The van der Waals surface area contributed by atoms with E-state index in [1.54, 1.807) is 56.3 Å². The molecule has 0 radical (unpaired) electrons. The predicted octanol–water partition coefficient (Wildman–Crippen LogP) is 2.51. The van der Waals surface area contributed by atoms with Crippen LogP contribution >= 0.6 is 0 Å². The second-order valence-corrected chi connectivity index (χ2v) is 19.9. The molecule has 9 atom stereocenters. The van der Waals surface area contributed by atoms with E-state index in [2.05, 4.69) is 26.6 Å². The van der Waals surface area contributed by atoms with Crippen molar-refractivity contribution in [1.82, 2.24) is 36.4 Å². The van der Waals surface area contributed by atoms with Gasteiger partial charge in [-0.25, -0.2) is 4.79 Å². The first-order valence-corrected chi connectivity index (χ1v) is 26.0. The summed E-state index contributed by atoms with van der Waals surface area (Å²) in [5, 5.41) is 54.5. The van der Waals surface area contributed by atoms with Gasteiger partial charge in [-0.1, -0.05) is 101 Å². The number of aliphatic carboxylic acids is 1. The number of cyclic esters (lactones) is 1. The Morgan fingerprint density at radius 2 is 1.30 bits per heavy atom. The van der Waals surface area contributed by atoms with Crippen LogP contribution in [0.5, 0.6) is 11.5 Å². The third-order valence-corrected chi connectivity index (χ3v) is 13.7. The number of hydrogen-bond donors (Lipinski definition) is 9. The van der Waals surface area contributed by atoms with Crippen LogP contribution in [0.1, 0.15) is 109 Å². The van der Waals surface area contributed by atoms with Crippen LogP contribution in [0.25, 0.3) is 0 Å². The van der Waals surface area contributed by atoms with Gasteiger partial charge in [-0.3, -0.25) is 38.4 Å². The summed E-state index contributed by atoms with van der Waals surface area (Å²) in [4.78, 5) is 130. The number of carboxylic acids is 1. The number of aliphatic hydroxyl groups excluding tert-OH is 1. The number of carbonyl (C=O) groups excluding carboxylic acids is 8. The van der Waals surface area contributed by atoms with E-state index in [-0.39, 0.29) is 50.0 Å². The maximum absolute atomic E-state index is 15.1. The molecule has 2 aliphatic rings. The molecule has 7 amide bonds. The quantitative estimate of drug-likeness (QED) is 0.0616. The third-order valence-electron chi connectivity index (χ3n) is 13.7. The van der Waals surface area contributed by atoms with E-state index >= 15 is 4.79 Å². The normalized spacial score (nSPS) is 23.5. The Hall–Kier alpha value is -7.55. The van der Waals surface area contributed by atoms with Gasteiger partial charge in [0.05, 0.1) is 0 Å². The Labute approximate surface area is 442 Å². The molecule has 21 nitrogen and oxygen atoms in total. The van der Waals surface area contributed by atoms with Crippen molar-refractivity contribution in [3.05, 3.63) is 95.6 Å². The first kappa shape index (κ1) is 59.3. The number of esters is 1. The predicted molar refractivity (Wildman–Crippen MR) is 276 cm³/mol. The van der Waals surface area contributed by atoms with E-state index in [0.29, 0.717) is 23.1 Å². The molecule has 2 fully saturated rings. The molecular weight excluding hydrogens is 983 g/mol. The summed E-state index contributed by atoms with van der Waals surface area (Å²) >= 11 is 0. The number of unbranched alkanes of at least 4 members (excludes halogenated alkanes) is 4. The fraction of sp³-hybridized carbons (Fsp3) is 0.509. The highest BCUT2D eigenvalue weighted by molar-refractivity contribution is 5.98. The number of piperidine rings is 1. The smallest absolute Gasteiger partial charge is 0.329 e. The summed E-state index contributed by atoms with van der Waals surface area (Å²) in [6.45, 7) is 6.52. The minimum absolute atomic E-state index is 0.0303. The molecule has 412 valence electrons. The monoisotopic (exact) mass is 1060 g/mol. The van der Waals surface area contributed by atoms with E-state index in [1.807, 2.05) is 6.92 Å². The topological polar surface area (TPSA) is 310 Å². The molecule has 2 bridgehead atoms. The Kier molecular flexibility index (Phi) is 22.2. The number of amides is 7. The Morgan fingerprint density at radius 3 is 1.91 bits per heavy atom. The van der Waals surface area contributed by atoms with Crippen molar-refractivity contribution in [1.29, 1.82) is 0 Å². The summed E-state index contributed by atoms with van der Waals surface area (Å²) in [6.07, 6.45) is -0.812. The number of nitrogens with zero attached hydrogens (tertiary/aromatic N) is 2. The van der Waals surface area contributed by atoms with Gasteiger partial charge in [-0.05, 0) is 79.5 Å². The van der Waals surface area contributed by atoms with Crippen molar-refractivity contribution in [2.75, 3.05) is 7.05 Å². The van der Waals surface area contributed by atoms with E-state index in [0.717, 1.165) is 35.5 Å². The van der Waals surface area contributed by atoms with Crippen LogP contribution in [0.15, 0.2) is 78.9 Å². The summed E-state index contributed by atoms with van der Waals surface area (Å²) in [5.74, 6) is -9.28. The van der Waals surface area contributed by atoms with Crippen LogP contribution in [-0.2, 0) is 67.2 Å². The average molecular weight is 1060 g/mol. The highest BCUT2D eigenvalue weighted by Crippen LogP contribution is 2.26. The van der Waals surface area contributed by atoms with Gasteiger partial charge in [0, 0.05) is 39.2 Å². The minimum atomic E-state index is -1.86. The molecular formula is C55H73N7O14. The zero-order valence-corrected chi connectivity index (χ0v) is 43.7.